The Morgan fingerprint density at radius 1 is 1.20 bits per heavy atom. The minimum Gasteiger partial charge on any atom is -0.369 e. The van der Waals surface area contributed by atoms with Gasteiger partial charge in [0.05, 0.1) is 6.61 Å². The number of aromatic amines is 1. The van der Waals surface area contributed by atoms with Gasteiger partial charge in [0, 0.05) is 11.8 Å². The topological polar surface area (TPSA) is 72.3 Å². The summed E-state index contributed by atoms with van der Waals surface area (Å²) < 4.78 is 6.88. The number of fused-ring (bicyclic) bond motifs is 1. The number of hydrogen-bond acceptors (Lipinski definition) is 4. The molecule has 0 aliphatic heterocycles. The van der Waals surface area contributed by atoms with Gasteiger partial charge in [0.2, 0.25) is 0 Å². The highest BCUT2D eigenvalue weighted by atomic mass is 16.5. The molecule has 0 unspecified atom stereocenters. The Morgan fingerprint density at radius 3 is 2.80 bits per heavy atom. The van der Waals surface area contributed by atoms with E-state index in [4.69, 9.17) is 4.74 Å². The second kappa shape index (κ2) is 5.26. The van der Waals surface area contributed by atoms with Gasteiger partial charge < -0.3 is 4.74 Å². The van der Waals surface area contributed by atoms with Crippen LogP contribution in [-0.2, 0) is 18.0 Å². The molecule has 0 spiro atoms. The predicted molar refractivity (Wildman–Crippen MR) is 73.3 cm³/mol. The Morgan fingerprint density at radius 2 is 2.00 bits per heavy atom. The largest absolute Gasteiger partial charge is 0.369 e. The van der Waals surface area contributed by atoms with E-state index in [0.717, 1.165) is 5.56 Å². The Bertz CT molecular complexity index is 777. The van der Waals surface area contributed by atoms with Gasteiger partial charge in [-0.25, -0.2) is 4.98 Å². The number of H-pyrrole nitrogens is 1. The fourth-order valence-corrected chi connectivity index (χ4v) is 1.94. The number of ether oxygens (including phenoxy) is 1. The van der Waals surface area contributed by atoms with E-state index in [9.17, 15) is 4.79 Å². The van der Waals surface area contributed by atoms with Crippen molar-refractivity contribution in [3.05, 3.63) is 63.8 Å². The fraction of sp³-hybridized carbons (Fsp3) is 0.214. The molecule has 102 valence electrons. The Labute approximate surface area is 115 Å². The summed E-state index contributed by atoms with van der Waals surface area (Å²) in [6, 6.07) is 11.3. The number of rotatable bonds is 4. The number of aromatic nitrogens is 4. The monoisotopic (exact) mass is 270 g/mol. The molecule has 0 fully saturated rings. The summed E-state index contributed by atoms with van der Waals surface area (Å²) in [6.45, 7) is 2.57. The van der Waals surface area contributed by atoms with Crippen LogP contribution in [0.2, 0.25) is 0 Å². The molecule has 1 aromatic carbocycles. The molecule has 3 aromatic rings. The van der Waals surface area contributed by atoms with E-state index in [0.29, 0.717) is 30.5 Å². The van der Waals surface area contributed by atoms with Crippen molar-refractivity contribution in [2.24, 2.45) is 0 Å². The zero-order valence-electron chi connectivity index (χ0n) is 11.0. The van der Waals surface area contributed by atoms with Gasteiger partial charge in [-0.3, -0.25) is 9.89 Å². The first-order valence-corrected chi connectivity index (χ1v) is 6.29. The summed E-state index contributed by atoms with van der Waals surface area (Å²) >= 11 is 0. The number of nitrogens with one attached hydrogen (secondary N) is 1. The quantitative estimate of drug-likeness (QED) is 0.778. The molecule has 0 saturated heterocycles. The SMILES string of the molecule is Cc1cc(=O)n2[nH]c(COCc3ccccc3)nc2n1. The summed E-state index contributed by atoms with van der Waals surface area (Å²) in [4.78, 5) is 20.1. The second-order valence-corrected chi connectivity index (χ2v) is 4.52. The van der Waals surface area contributed by atoms with Crippen LogP contribution in [0.4, 0.5) is 0 Å². The van der Waals surface area contributed by atoms with Gasteiger partial charge in [0.15, 0.2) is 5.82 Å². The van der Waals surface area contributed by atoms with E-state index < -0.39 is 0 Å². The van der Waals surface area contributed by atoms with Crippen LogP contribution in [0.15, 0.2) is 41.2 Å². The highest BCUT2D eigenvalue weighted by molar-refractivity contribution is 5.27. The molecule has 0 aliphatic carbocycles. The molecule has 6 heteroatoms. The zero-order chi connectivity index (χ0) is 13.9. The van der Waals surface area contributed by atoms with Crippen LogP contribution in [0.3, 0.4) is 0 Å². The third-order valence-corrected chi connectivity index (χ3v) is 2.86. The predicted octanol–water partition coefficient (Wildman–Crippen LogP) is 1.44. The average Bonchev–Trinajstić information content (AvgIpc) is 2.83. The van der Waals surface area contributed by atoms with Crippen molar-refractivity contribution in [2.75, 3.05) is 0 Å². The van der Waals surface area contributed by atoms with E-state index in [1.54, 1.807) is 6.92 Å². The van der Waals surface area contributed by atoms with Crippen LogP contribution in [0, 0.1) is 6.92 Å². The first-order chi connectivity index (χ1) is 9.72. The maximum absolute atomic E-state index is 11.7. The van der Waals surface area contributed by atoms with E-state index in [-0.39, 0.29) is 5.56 Å². The van der Waals surface area contributed by atoms with Gasteiger partial charge in [-0.1, -0.05) is 30.3 Å². The number of nitrogens with zero attached hydrogens (tertiary/aromatic N) is 3. The Balaban J connectivity index is 1.72. The van der Waals surface area contributed by atoms with Crippen molar-refractivity contribution in [3.8, 4) is 0 Å². The molecule has 20 heavy (non-hydrogen) atoms. The first-order valence-electron chi connectivity index (χ1n) is 6.29. The van der Waals surface area contributed by atoms with Gasteiger partial charge in [-0.15, -0.1) is 0 Å². The smallest absolute Gasteiger partial charge is 0.274 e. The number of aryl methyl sites for hydroxylation is 1. The average molecular weight is 270 g/mol. The number of hydrogen-bond donors (Lipinski definition) is 1. The fourth-order valence-electron chi connectivity index (χ4n) is 1.94. The van der Waals surface area contributed by atoms with E-state index >= 15 is 0 Å². The summed E-state index contributed by atoms with van der Waals surface area (Å²) in [7, 11) is 0. The molecule has 2 aromatic heterocycles. The van der Waals surface area contributed by atoms with Crippen molar-refractivity contribution >= 4 is 5.78 Å². The minimum absolute atomic E-state index is 0.172. The van der Waals surface area contributed by atoms with Crippen molar-refractivity contribution in [1.82, 2.24) is 19.6 Å². The molecule has 2 heterocycles. The van der Waals surface area contributed by atoms with Crippen LogP contribution < -0.4 is 5.56 Å². The summed E-state index contributed by atoms with van der Waals surface area (Å²) in [5.74, 6) is 0.949. The third kappa shape index (κ3) is 2.60. The lowest BCUT2D eigenvalue weighted by atomic mass is 10.2. The van der Waals surface area contributed by atoms with Crippen molar-refractivity contribution in [3.63, 3.8) is 0 Å². The van der Waals surface area contributed by atoms with Crippen LogP contribution in [0.25, 0.3) is 5.78 Å². The molecule has 6 nitrogen and oxygen atoms in total. The van der Waals surface area contributed by atoms with Gasteiger partial charge >= 0.3 is 0 Å². The van der Waals surface area contributed by atoms with Gasteiger partial charge in [0.25, 0.3) is 11.3 Å². The zero-order valence-corrected chi connectivity index (χ0v) is 11.0. The van der Waals surface area contributed by atoms with Gasteiger partial charge in [0.1, 0.15) is 6.61 Å². The minimum atomic E-state index is -0.172. The Hall–Kier alpha value is -2.47. The van der Waals surface area contributed by atoms with Crippen LogP contribution in [0.1, 0.15) is 17.1 Å². The highest BCUT2D eigenvalue weighted by Crippen LogP contribution is 2.03. The lowest BCUT2D eigenvalue weighted by molar-refractivity contribution is 0.102. The van der Waals surface area contributed by atoms with Crippen LogP contribution >= 0.6 is 0 Å². The summed E-state index contributed by atoms with van der Waals surface area (Å²) in [6.07, 6.45) is 0. The second-order valence-electron chi connectivity index (χ2n) is 4.52. The molecule has 0 atom stereocenters. The van der Waals surface area contributed by atoms with E-state index in [2.05, 4.69) is 15.1 Å². The van der Waals surface area contributed by atoms with Crippen LogP contribution in [-0.4, -0.2) is 19.6 Å². The van der Waals surface area contributed by atoms with Crippen molar-refractivity contribution < 1.29 is 4.74 Å². The van der Waals surface area contributed by atoms with Gasteiger partial charge in [-0.05, 0) is 12.5 Å². The molecule has 0 saturated carbocycles. The highest BCUT2D eigenvalue weighted by Gasteiger charge is 2.06. The molecule has 1 N–H and O–H groups in total. The molecule has 0 radical (unpaired) electrons. The standard InChI is InChI=1S/C14H14N4O2/c1-10-7-13(19)18-14(15-10)16-12(17-18)9-20-8-11-5-3-2-4-6-11/h2-7H,8-9H2,1H3,(H,15,16,17). The van der Waals surface area contributed by atoms with Crippen molar-refractivity contribution in [2.45, 2.75) is 20.1 Å². The first kappa shape index (κ1) is 12.6. The molecule has 0 amide bonds. The molecule has 0 bridgehead atoms. The summed E-state index contributed by atoms with van der Waals surface area (Å²) in [5, 5.41) is 2.88. The van der Waals surface area contributed by atoms with Crippen LogP contribution in [0.5, 0.6) is 0 Å². The number of benzene rings is 1. The molecular weight excluding hydrogens is 256 g/mol. The lowest BCUT2D eigenvalue weighted by Gasteiger charge is -2.01. The summed E-state index contributed by atoms with van der Waals surface area (Å²) in [5.41, 5.74) is 1.57. The van der Waals surface area contributed by atoms with E-state index in [1.165, 1.54) is 10.6 Å². The molecular formula is C14H14N4O2. The third-order valence-electron chi connectivity index (χ3n) is 2.86. The Kier molecular flexibility index (Phi) is 3.30. The molecule has 3 rings (SSSR count). The maximum atomic E-state index is 11.7. The lowest BCUT2D eigenvalue weighted by Crippen LogP contribution is -2.14. The molecule has 0 aliphatic rings. The van der Waals surface area contributed by atoms with Crippen molar-refractivity contribution in [1.29, 1.82) is 0 Å². The van der Waals surface area contributed by atoms with E-state index in [1.807, 2.05) is 30.3 Å². The maximum Gasteiger partial charge on any atom is 0.274 e. The normalized spacial score (nSPS) is 11.1. The van der Waals surface area contributed by atoms with Gasteiger partial charge in [-0.2, -0.15) is 9.50 Å².